The zero-order chi connectivity index (χ0) is 24.4. The van der Waals surface area contributed by atoms with Crippen molar-refractivity contribution >= 4 is 22.6 Å². The van der Waals surface area contributed by atoms with Crippen LogP contribution in [0.5, 0.6) is 0 Å². The second-order valence-corrected chi connectivity index (χ2v) is 8.71. The van der Waals surface area contributed by atoms with Crippen molar-refractivity contribution in [3.05, 3.63) is 84.8 Å². The summed E-state index contributed by atoms with van der Waals surface area (Å²) in [5.41, 5.74) is 9.32. The van der Waals surface area contributed by atoms with Crippen molar-refractivity contribution in [3.63, 3.8) is 0 Å². The van der Waals surface area contributed by atoms with Crippen molar-refractivity contribution < 1.29 is 9.21 Å². The molecule has 0 saturated carbocycles. The number of nitrogen functional groups attached to an aromatic ring is 1. The number of carbonyl (C=O) groups is 1. The van der Waals surface area contributed by atoms with E-state index >= 15 is 0 Å². The fourth-order valence-corrected chi connectivity index (χ4v) is 3.82. The number of oxazole rings is 1. The molecule has 0 atom stereocenters. The van der Waals surface area contributed by atoms with Crippen LogP contribution in [-0.2, 0) is 5.41 Å². The quantitative estimate of drug-likeness (QED) is 0.384. The molecular formula is C26H23N7O2. The minimum absolute atomic E-state index is 0.0105. The molecule has 5 rings (SSSR count). The molecule has 4 aromatic heterocycles. The Morgan fingerprint density at radius 2 is 1.83 bits per heavy atom. The van der Waals surface area contributed by atoms with E-state index in [-0.39, 0.29) is 22.8 Å². The smallest absolute Gasteiger partial charge is 0.273 e. The maximum atomic E-state index is 13.2. The first kappa shape index (κ1) is 22.1. The number of hydrogen-bond donors (Lipinski definition) is 2. The lowest BCUT2D eigenvalue weighted by molar-refractivity contribution is 0.0941. The van der Waals surface area contributed by atoms with Gasteiger partial charge < -0.3 is 15.5 Å². The summed E-state index contributed by atoms with van der Waals surface area (Å²) in [6.45, 7) is 4.45. The molecule has 9 heteroatoms. The molecule has 4 heterocycles. The lowest BCUT2D eigenvalue weighted by Gasteiger charge is -2.25. The highest BCUT2D eigenvalue weighted by Gasteiger charge is 2.25. The van der Waals surface area contributed by atoms with Gasteiger partial charge in [-0.25, -0.2) is 15.0 Å². The average Bonchev–Trinajstić information content (AvgIpc) is 3.42. The van der Waals surface area contributed by atoms with Gasteiger partial charge in [0.25, 0.3) is 5.91 Å². The van der Waals surface area contributed by atoms with Crippen LogP contribution in [0.15, 0.2) is 77.9 Å². The van der Waals surface area contributed by atoms with Crippen molar-refractivity contribution in [2.24, 2.45) is 0 Å². The van der Waals surface area contributed by atoms with Gasteiger partial charge in [-0.05, 0) is 35.9 Å². The molecule has 0 spiro atoms. The molecule has 0 saturated heterocycles. The Hall–Kier alpha value is -4.66. The standard InChI is InChI=1S/C26H23N7O2/c1-26(2,18-7-10-28-11-8-18)15-31-24(34)22-23(27)33-21(25-30-12-13-35-25)20(32-22)17-5-6-19-16(14-17)4-3-9-29-19/h3-14H,15H2,1-2H3,(H2,27,33)(H,31,34). The molecule has 0 aliphatic carbocycles. The van der Waals surface area contributed by atoms with E-state index in [1.54, 1.807) is 18.6 Å². The van der Waals surface area contributed by atoms with Gasteiger partial charge in [-0.15, -0.1) is 0 Å². The number of aromatic nitrogens is 5. The van der Waals surface area contributed by atoms with E-state index in [0.29, 0.717) is 17.9 Å². The summed E-state index contributed by atoms with van der Waals surface area (Å²) in [6.07, 6.45) is 8.16. The average molecular weight is 466 g/mol. The maximum absolute atomic E-state index is 13.2. The van der Waals surface area contributed by atoms with Crippen LogP contribution in [0.4, 0.5) is 5.82 Å². The number of anilines is 1. The summed E-state index contributed by atoms with van der Waals surface area (Å²) in [5.74, 6) is -0.167. The van der Waals surface area contributed by atoms with Crippen LogP contribution in [0, 0.1) is 0 Å². The number of fused-ring (bicyclic) bond motifs is 1. The molecule has 0 fully saturated rings. The van der Waals surface area contributed by atoms with Crippen LogP contribution in [-0.4, -0.2) is 37.4 Å². The molecule has 5 aromatic rings. The number of rotatable bonds is 6. The third-order valence-corrected chi connectivity index (χ3v) is 5.80. The molecular weight excluding hydrogens is 442 g/mol. The topological polar surface area (TPSA) is 133 Å². The summed E-state index contributed by atoms with van der Waals surface area (Å²) in [6, 6.07) is 13.4. The van der Waals surface area contributed by atoms with E-state index in [1.165, 1.54) is 12.5 Å². The van der Waals surface area contributed by atoms with Gasteiger partial charge >= 0.3 is 0 Å². The first-order valence-electron chi connectivity index (χ1n) is 11.0. The van der Waals surface area contributed by atoms with E-state index in [2.05, 4.69) is 30.2 Å². The van der Waals surface area contributed by atoms with Crippen molar-refractivity contribution in [1.82, 2.24) is 30.2 Å². The Labute approximate surface area is 201 Å². The Bertz CT molecular complexity index is 1500. The summed E-state index contributed by atoms with van der Waals surface area (Å²) in [5, 5.41) is 3.87. The number of carbonyl (C=O) groups excluding carboxylic acids is 1. The number of nitrogens with two attached hydrogens (primary N) is 1. The van der Waals surface area contributed by atoms with Crippen LogP contribution < -0.4 is 11.1 Å². The van der Waals surface area contributed by atoms with E-state index in [4.69, 9.17) is 10.2 Å². The zero-order valence-electron chi connectivity index (χ0n) is 19.3. The van der Waals surface area contributed by atoms with Crippen LogP contribution in [0.25, 0.3) is 33.7 Å². The monoisotopic (exact) mass is 465 g/mol. The normalized spacial score (nSPS) is 11.5. The fourth-order valence-electron chi connectivity index (χ4n) is 3.82. The van der Waals surface area contributed by atoms with Gasteiger partial charge in [0.2, 0.25) is 5.89 Å². The Kier molecular flexibility index (Phi) is 5.66. The largest absolute Gasteiger partial charge is 0.443 e. The van der Waals surface area contributed by atoms with Crippen molar-refractivity contribution in [3.8, 4) is 22.8 Å². The number of amides is 1. The predicted molar refractivity (Wildman–Crippen MR) is 132 cm³/mol. The molecule has 0 aliphatic heterocycles. The van der Waals surface area contributed by atoms with Crippen LogP contribution in [0.3, 0.4) is 0 Å². The Balaban J connectivity index is 1.52. The fraction of sp³-hybridized carbons (Fsp3) is 0.154. The lowest BCUT2D eigenvalue weighted by Crippen LogP contribution is -2.37. The van der Waals surface area contributed by atoms with E-state index in [0.717, 1.165) is 22.0 Å². The minimum atomic E-state index is -0.417. The van der Waals surface area contributed by atoms with E-state index in [1.807, 2.05) is 56.3 Å². The summed E-state index contributed by atoms with van der Waals surface area (Å²) in [7, 11) is 0. The third kappa shape index (κ3) is 4.43. The Morgan fingerprint density at radius 1 is 1.00 bits per heavy atom. The van der Waals surface area contributed by atoms with Crippen LogP contribution in [0.1, 0.15) is 29.9 Å². The molecule has 9 nitrogen and oxygen atoms in total. The van der Waals surface area contributed by atoms with Gasteiger partial charge in [-0.1, -0.05) is 26.0 Å². The number of pyridine rings is 2. The highest BCUT2D eigenvalue weighted by atomic mass is 16.3. The molecule has 1 aromatic carbocycles. The van der Waals surface area contributed by atoms with Gasteiger partial charge in [0.1, 0.15) is 12.0 Å². The number of hydrogen-bond acceptors (Lipinski definition) is 8. The number of nitrogens with zero attached hydrogens (tertiary/aromatic N) is 5. The van der Waals surface area contributed by atoms with Gasteiger partial charge in [0.15, 0.2) is 17.2 Å². The number of benzene rings is 1. The Morgan fingerprint density at radius 3 is 2.60 bits per heavy atom. The van der Waals surface area contributed by atoms with Crippen molar-refractivity contribution in [2.75, 3.05) is 12.3 Å². The molecule has 0 bridgehead atoms. The van der Waals surface area contributed by atoms with E-state index < -0.39 is 5.91 Å². The molecule has 0 unspecified atom stereocenters. The highest BCUT2D eigenvalue weighted by Crippen LogP contribution is 2.31. The van der Waals surface area contributed by atoms with Crippen LogP contribution in [0.2, 0.25) is 0 Å². The number of nitrogens with one attached hydrogen (secondary N) is 1. The van der Waals surface area contributed by atoms with Gasteiger partial charge in [0, 0.05) is 41.5 Å². The summed E-state index contributed by atoms with van der Waals surface area (Å²) < 4.78 is 5.48. The molecule has 174 valence electrons. The third-order valence-electron chi connectivity index (χ3n) is 5.80. The molecule has 35 heavy (non-hydrogen) atoms. The summed E-state index contributed by atoms with van der Waals surface area (Å²) >= 11 is 0. The second-order valence-electron chi connectivity index (χ2n) is 8.71. The molecule has 3 N–H and O–H groups in total. The minimum Gasteiger partial charge on any atom is -0.443 e. The first-order valence-corrected chi connectivity index (χ1v) is 11.0. The molecule has 1 amide bonds. The zero-order valence-corrected chi connectivity index (χ0v) is 19.3. The van der Waals surface area contributed by atoms with E-state index in [9.17, 15) is 4.79 Å². The summed E-state index contributed by atoms with van der Waals surface area (Å²) in [4.78, 5) is 34.9. The van der Waals surface area contributed by atoms with Crippen molar-refractivity contribution in [2.45, 2.75) is 19.3 Å². The molecule has 0 aliphatic rings. The molecule has 0 radical (unpaired) electrons. The highest BCUT2D eigenvalue weighted by molar-refractivity contribution is 5.98. The predicted octanol–water partition coefficient (Wildman–Crippen LogP) is 4.03. The van der Waals surface area contributed by atoms with Gasteiger partial charge in [-0.2, -0.15) is 0 Å². The van der Waals surface area contributed by atoms with Crippen molar-refractivity contribution in [1.29, 1.82) is 0 Å². The maximum Gasteiger partial charge on any atom is 0.273 e. The lowest BCUT2D eigenvalue weighted by atomic mass is 9.85. The SMILES string of the molecule is CC(C)(CNC(=O)c1nc(-c2ccc3ncccc3c2)c(-c2ncco2)nc1N)c1ccncc1. The van der Waals surface area contributed by atoms with Gasteiger partial charge in [0.05, 0.1) is 11.7 Å². The first-order chi connectivity index (χ1) is 16.9. The van der Waals surface area contributed by atoms with Gasteiger partial charge in [-0.3, -0.25) is 14.8 Å². The second kappa shape index (κ2) is 8.94. The van der Waals surface area contributed by atoms with Crippen LogP contribution >= 0.6 is 0 Å².